The lowest BCUT2D eigenvalue weighted by Crippen LogP contribution is -2.49. The molecule has 144 valence electrons. The fourth-order valence-corrected chi connectivity index (χ4v) is 5.11. The molecule has 6 nitrogen and oxygen atoms in total. The van der Waals surface area contributed by atoms with Crippen molar-refractivity contribution in [3.63, 3.8) is 0 Å². The minimum absolute atomic E-state index is 0.0775. The van der Waals surface area contributed by atoms with Crippen LogP contribution in [0.4, 0.5) is 15.8 Å². The van der Waals surface area contributed by atoms with Crippen molar-refractivity contribution in [1.29, 1.82) is 0 Å². The zero-order valence-corrected chi connectivity index (χ0v) is 16.7. The van der Waals surface area contributed by atoms with Crippen LogP contribution in [0, 0.1) is 19.3 Å². The van der Waals surface area contributed by atoms with Crippen LogP contribution in [0.2, 0.25) is 0 Å². The largest absolute Gasteiger partial charge is 0.347 e. The molecule has 1 fully saturated rings. The van der Waals surface area contributed by atoms with Crippen LogP contribution in [0.15, 0.2) is 47.4 Å². The van der Waals surface area contributed by atoms with Gasteiger partial charge in [0, 0.05) is 5.69 Å². The molecule has 1 amide bonds. The molecule has 0 unspecified atom stereocenters. The first-order chi connectivity index (χ1) is 13.1. The van der Waals surface area contributed by atoms with E-state index in [4.69, 9.17) is 18.8 Å². The lowest BCUT2D eigenvalue weighted by Gasteiger charge is -2.22. The standard InChI is InChI=1S/C19H16FN3O3S2/c1-12-10-14(6-9-16(12)21-3)23-17(24)19(2,22-18(23)27)11-28(25,26)15-7-4-13(20)5-8-15/h4-10H,11H2,1-2H3,(H,22,27)/t19-/m0/s1. The molecule has 1 atom stereocenters. The van der Waals surface area contributed by atoms with E-state index in [1.807, 2.05) is 0 Å². The first-order valence-corrected chi connectivity index (χ1v) is 10.3. The average molecular weight is 417 g/mol. The number of carbonyl (C=O) groups excluding carboxylic acids is 1. The molecular weight excluding hydrogens is 401 g/mol. The van der Waals surface area contributed by atoms with Crippen molar-refractivity contribution >= 4 is 44.4 Å². The normalized spacial score (nSPS) is 19.4. The number of thiocarbonyl (C=S) groups is 1. The summed E-state index contributed by atoms with van der Waals surface area (Å²) in [7, 11) is -3.88. The van der Waals surface area contributed by atoms with Crippen molar-refractivity contribution in [2.45, 2.75) is 24.3 Å². The zero-order chi connectivity index (χ0) is 20.7. The molecule has 1 aliphatic rings. The Balaban J connectivity index is 1.92. The molecule has 9 heteroatoms. The van der Waals surface area contributed by atoms with Crippen LogP contribution in [0.1, 0.15) is 12.5 Å². The van der Waals surface area contributed by atoms with Gasteiger partial charge in [0.1, 0.15) is 11.4 Å². The van der Waals surface area contributed by atoms with Gasteiger partial charge in [0.05, 0.1) is 17.2 Å². The van der Waals surface area contributed by atoms with E-state index in [9.17, 15) is 17.6 Å². The van der Waals surface area contributed by atoms with E-state index in [-0.39, 0.29) is 10.0 Å². The summed E-state index contributed by atoms with van der Waals surface area (Å²) in [6.45, 7) is 10.3. The molecule has 2 aromatic carbocycles. The highest BCUT2D eigenvalue weighted by Gasteiger charge is 2.49. The van der Waals surface area contributed by atoms with Crippen molar-refractivity contribution in [3.05, 3.63) is 65.3 Å². The van der Waals surface area contributed by atoms with Gasteiger partial charge in [-0.05, 0) is 68.0 Å². The van der Waals surface area contributed by atoms with Gasteiger partial charge in [-0.3, -0.25) is 9.69 Å². The molecule has 0 bridgehead atoms. The molecule has 28 heavy (non-hydrogen) atoms. The predicted octanol–water partition coefficient (Wildman–Crippen LogP) is 3.14. The molecule has 1 aliphatic heterocycles. The van der Waals surface area contributed by atoms with E-state index in [2.05, 4.69) is 10.2 Å². The van der Waals surface area contributed by atoms with Crippen molar-refractivity contribution in [2.24, 2.45) is 0 Å². The lowest BCUT2D eigenvalue weighted by molar-refractivity contribution is -0.120. The van der Waals surface area contributed by atoms with Gasteiger partial charge in [-0.2, -0.15) is 0 Å². The molecular formula is C19H16FN3O3S2. The first kappa shape index (κ1) is 19.9. The topological polar surface area (TPSA) is 70.8 Å². The van der Waals surface area contributed by atoms with E-state index in [1.54, 1.807) is 25.1 Å². The van der Waals surface area contributed by atoms with Gasteiger partial charge < -0.3 is 5.32 Å². The summed E-state index contributed by atoms with van der Waals surface area (Å²) in [5.74, 6) is -1.61. The number of carbonyl (C=O) groups is 1. The number of anilines is 1. The number of hydrogen-bond acceptors (Lipinski definition) is 4. The van der Waals surface area contributed by atoms with Crippen LogP contribution in [0.3, 0.4) is 0 Å². The molecule has 0 saturated carbocycles. The molecule has 1 heterocycles. The Kier molecular flexibility index (Phi) is 4.95. The summed E-state index contributed by atoms with van der Waals surface area (Å²) < 4.78 is 38.5. The van der Waals surface area contributed by atoms with Gasteiger partial charge in [-0.15, -0.1) is 0 Å². The van der Waals surface area contributed by atoms with Crippen LogP contribution in [0.5, 0.6) is 0 Å². The Labute approximate surface area is 167 Å². The van der Waals surface area contributed by atoms with E-state index in [1.165, 1.54) is 11.8 Å². The Morgan fingerprint density at radius 1 is 1.25 bits per heavy atom. The fourth-order valence-electron chi connectivity index (χ4n) is 3.03. The van der Waals surface area contributed by atoms with Crippen LogP contribution in [-0.4, -0.2) is 30.7 Å². The molecule has 0 aromatic heterocycles. The minimum atomic E-state index is -3.88. The number of halogens is 1. The molecule has 0 radical (unpaired) electrons. The predicted molar refractivity (Wildman–Crippen MR) is 108 cm³/mol. The van der Waals surface area contributed by atoms with Crippen LogP contribution < -0.4 is 10.2 Å². The number of sulfone groups is 1. The SMILES string of the molecule is [C-]#[N+]c1ccc(N2C(=O)[C@](C)(CS(=O)(=O)c3ccc(F)cc3)NC2=S)cc1C. The maximum Gasteiger partial charge on any atom is 0.259 e. The second-order valence-corrected chi connectivity index (χ2v) is 9.07. The van der Waals surface area contributed by atoms with Gasteiger partial charge >= 0.3 is 0 Å². The molecule has 3 rings (SSSR count). The van der Waals surface area contributed by atoms with E-state index in [0.717, 1.165) is 24.3 Å². The van der Waals surface area contributed by atoms with Gasteiger partial charge in [-0.25, -0.2) is 17.7 Å². The second kappa shape index (κ2) is 6.96. The number of nitrogens with one attached hydrogen (secondary N) is 1. The molecule has 1 N–H and O–H groups in total. The van der Waals surface area contributed by atoms with Crippen molar-refractivity contribution in [2.75, 3.05) is 10.7 Å². The third-order valence-electron chi connectivity index (χ3n) is 4.47. The summed E-state index contributed by atoms with van der Waals surface area (Å²) >= 11 is 5.27. The third kappa shape index (κ3) is 3.48. The highest BCUT2D eigenvalue weighted by Crippen LogP contribution is 2.31. The molecule has 0 spiro atoms. The Morgan fingerprint density at radius 3 is 2.46 bits per heavy atom. The number of amides is 1. The zero-order valence-electron chi connectivity index (χ0n) is 15.1. The maximum atomic E-state index is 13.1. The highest BCUT2D eigenvalue weighted by molar-refractivity contribution is 7.91. The molecule has 1 saturated heterocycles. The van der Waals surface area contributed by atoms with Gasteiger partial charge in [0.25, 0.3) is 5.91 Å². The summed E-state index contributed by atoms with van der Waals surface area (Å²) in [4.78, 5) is 17.6. The smallest absolute Gasteiger partial charge is 0.259 e. The number of nitrogens with zero attached hydrogens (tertiary/aromatic N) is 2. The van der Waals surface area contributed by atoms with Crippen molar-refractivity contribution in [3.8, 4) is 0 Å². The quantitative estimate of drug-likeness (QED) is 0.470. The maximum absolute atomic E-state index is 13.1. The van der Waals surface area contributed by atoms with Crippen LogP contribution in [0.25, 0.3) is 4.85 Å². The summed E-state index contributed by atoms with van der Waals surface area (Å²) in [5, 5.41) is 2.89. The van der Waals surface area contributed by atoms with Gasteiger partial charge in [0.2, 0.25) is 0 Å². The lowest BCUT2D eigenvalue weighted by atomic mass is 10.1. The van der Waals surface area contributed by atoms with Crippen LogP contribution in [-0.2, 0) is 14.6 Å². The highest BCUT2D eigenvalue weighted by atomic mass is 32.2. The number of benzene rings is 2. The van der Waals surface area contributed by atoms with E-state index >= 15 is 0 Å². The number of aryl methyl sites for hydroxylation is 1. The second-order valence-electron chi connectivity index (χ2n) is 6.70. The molecule has 0 aliphatic carbocycles. The molecule has 2 aromatic rings. The average Bonchev–Trinajstić information content (AvgIpc) is 2.83. The summed E-state index contributed by atoms with van der Waals surface area (Å²) in [6, 6.07) is 9.26. The number of hydrogen-bond donors (Lipinski definition) is 1. The van der Waals surface area contributed by atoms with Crippen molar-refractivity contribution < 1.29 is 17.6 Å². The summed E-state index contributed by atoms with van der Waals surface area (Å²) in [5.41, 5.74) is 0.110. The van der Waals surface area contributed by atoms with E-state index in [0.29, 0.717) is 16.9 Å². The monoisotopic (exact) mass is 417 g/mol. The summed E-state index contributed by atoms with van der Waals surface area (Å²) in [6.07, 6.45) is 0. The fraction of sp³-hybridized carbons (Fsp3) is 0.211. The van der Waals surface area contributed by atoms with Crippen molar-refractivity contribution in [1.82, 2.24) is 5.32 Å². The van der Waals surface area contributed by atoms with Gasteiger partial charge in [0.15, 0.2) is 20.6 Å². The first-order valence-electron chi connectivity index (χ1n) is 8.20. The Bertz CT molecular complexity index is 1120. The third-order valence-corrected chi connectivity index (χ3v) is 6.70. The minimum Gasteiger partial charge on any atom is -0.347 e. The Morgan fingerprint density at radius 2 is 1.89 bits per heavy atom. The van der Waals surface area contributed by atoms with Crippen LogP contribution >= 0.6 is 12.2 Å². The van der Waals surface area contributed by atoms with E-state index < -0.39 is 32.9 Å². The van der Waals surface area contributed by atoms with Gasteiger partial charge in [-0.1, -0.05) is 6.07 Å². The Hall–Kier alpha value is -2.83. The number of rotatable bonds is 4.